The molecule has 0 amide bonds. The third-order valence-electron chi connectivity index (χ3n) is 3.67. The molecule has 3 unspecified atom stereocenters. The van der Waals surface area contributed by atoms with Crippen LogP contribution in [0.3, 0.4) is 0 Å². The predicted octanol–water partition coefficient (Wildman–Crippen LogP) is 1.77. The van der Waals surface area contributed by atoms with Crippen molar-refractivity contribution >= 4 is 0 Å². The van der Waals surface area contributed by atoms with E-state index in [9.17, 15) is 0 Å². The van der Waals surface area contributed by atoms with Crippen molar-refractivity contribution < 1.29 is 4.74 Å². The summed E-state index contributed by atoms with van der Waals surface area (Å²) in [6.07, 6.45) is 4.93. The zero-order valence-electron chi connectivity index (χ0n) is 10.9. The first-order chi connectivity index (χ1) is 7.74. The largest absolute Gasteiger partial charge is 0.381 e. The maximum absolute atomic E-state index is 5.54. The van der Waals surface area contributed by atoms with Gasteiger partial charge in [0.25, 0.3) is 0 Å². The number of hydrogen-bond acceptors (Lipinski definition) is 3. The van der Waals surface area contributed by atoms with Crippen molar-refractivity contribution in [1.82, 2.24) is 5.32 Å². The average molecular weight is 228 g/mol. The van der Waals surface area contributed by atoms with E-state index in [2.05, 4.69) is 19.2 Å². The third kappa shape index (κ3) is 5.28. The van der Waals surface area contributed by atoms with Gasteiger partial charge in [-0.25, -0.2) is 0 Å². The molecule has 3 heteroatoms. The summed E-state index contributed by atoms with van der Waals surface area (Å²) in [5.74, 6) is 1.50. The van der Waals surface area contributed by atoms with Crippen LogP contribution in [0, 0.1) is 11.8 Å². The van der Waals surface area contributed by atoms with Gasteiger partial charge in [-0.3, -0.25) is 0 Å². The lowest BCUT2D eigenvalue weighted by Gasteiger charge is -2.19. The van der Waals surface area contributed by atoms with Crippen molar-refractivity contribution in [2.45, 2.75) is 45.6 Å². The summed E-state index contributed by atoms with van der Waals surface area (Å²) < 4.78 is 5.40. The summed E-state index contributed by atoms with van der Waals surface area (Å²) in [6.45, 7) is 8.42. The van der Waals surface area contributed by atoms with Gasteiger partial charge in [-0.15, -0.1) is 0 Å². The molecular formula is C13H28N2O. The molecule has 1 saturated heterocycles. The van der Waals surface area contributed by atoms with E-state index in [4.69, 9.17) is 10.5 Å². The van der Waals surface area contributed by atoms with Crippen LogP contribution in [0.4, 0.5) is 0 Å². The number of ether oxygens (including phenoxy) is 1. The molecule has 3 N–H and O–H groups in total. The van der Waals surface area contributed by atoms with Crippen LogP contribution in [-0.2, 0) is 4.74 Å². The van der Waals surface area contributed by atoms with Crippen LogP contribution in [0.2, 0.25) is 0 Å². The van der Waals surface area contributed by atoms with Crippen LogP contribution in [0.5, 0.6) is 0 Å². The Balaban J connectivity index is 1.97. The molecule has 0 aliphatic carbocycles. The highest BCUT2D eigenvalue weighted by atomic mass is 16.5. The molecule has 0 spiro atoms. The standard InChI is InChI=1S/C13H28N2O/c1-11(5-7-14)4-3-8-15-12(2)13-6-9-16-10-13/h11-13,15H,3-10,14H2,1-2H3. The van der Waals surface area contributed by atoms with E-state index >= 15 is 0 Å². The fraction of sp³-hybridized carbons (Fsp3) is 1.00. The molecule has 1 aliphatic heterocycles. The molecule has 1 rings (SSSR count). The minimum atomic E-state index is 0.604. The fourth-order valence-corrected chi connectivity index (χ4v) is 2.32. The molecule has 0 radical (unpaired) electrons. The second kappa shape index (κ2) is 8.04. The zero-order chi connectivity index (χ0) is 11.8. The van der Waals surface area contributed by atoms with Gasteiger partial charge in [0.1, 0.15) is 0 Å². The summed E-state index contributed by atoms with van der Waals surface area (Å²) in [6, 6.07) is 0.604. The maximum Gasteiger partial charge on any atom is 0.0509 e. The molecule has 0 saturated carbocycles. The van der Waals surface area contributed by atoms with Gasteiger partial charge >= 0.3 is 0 Å². The molecule has 3 nitrogen and oxygen atoms in total. The van der Waals surface area contributed by atoms with Crippen molar-refractivity contribution in [3.05, 3.63) is 0 Å². The molecular weight excluding hydrogens is 200 g/mol. The lowest BCUT2D eigenvalue weighted by molar-refractivity contribution is 0.178. The second-order valence-electron chi connectivity index (χ2n) is 5.19. The van der Waals surface area contributed by atoms with Gasteiger partial charge in [0.15, 0.2) is 0 Å². The zero-order valence-corrected chi connectivity index (χ0v) is 10.9. The molecule has 0 aromatic carbocycles. The van der Waals surface area contributed by atoms with Gasteiger partial charge < -0.3 is 15.8 Å². The Morgan fingerprint density at radius 2 is 2.19 bits per heavy atom. The first kappa shape index (κ1) is 13.9. The fourth-order valence-electron chi connectivity index (χ4n) is 2.32. The Hall–Kier alpha value is -0.120. The number of hydrogen-bond donors (Lipinski definition) is 2. The quantitative estimate of drug-likeness (QED) is 0.622. The van der Waals surface area contributed by atoms with Gasteiger partial charge in [-0.05, 0) is 57.5 Å². The summed E-state index contributed by atoms with van der Waals surface area (Å²) in [7, 11) is 0. The van der Waals surface area contributed by atoms with Crippen molar-refractivity contribution in [2.75, 3.05) is 26.3 Å². The Kier molecular flexibility index (Phi) is 7.01. The van der Waals surface area contributed by atoms with Gasteiger partial charge in [-0.2, -0.15) is 0 Å². The average Bonchev–Trinajstić information content (AvgIpc) is 2.78. The molecule has 0 aromatic rings. The Morgan fingerprint density at radius 3 is 2.81 bits per heavy atom. The van der Waals surface area contributed by atoms with Crippen LogP contribution in [0.25, 0.3) is 0 Å². The van der Waals surface area contributed by atoms with Gasteiger partial charge in [0.05, 0.1) is 6.61 Å². The summed E-state index contributed by atoms with van der Waals surface area (Å²) in [5.41, 5.74) is 5.54. The molecule has 1 aliphatic rings. The molecule has 0 aromatic heterocycles. The highest BCUT2D eigenvalue weighted by Gasteiger charge is 2.21. The van der Waals surface area contributed by atoms with E-state index in [1.54, 1.807) is 0 Å². The van der Waals surface area contributed by atoms with Crippen molar-refractivity contribution in [3.63, 3.8) is 0 Å². The monoisotopic (exact) mass is 228 g/mol. The van der Waals surface area contributed by atoms with Crippen LogP contribution in [0.15, 0.2) is 0 Å². The summed E-state index contributed by atoms with van der Waals surface area (Å²) in [4.78, 5) is 0. The summed E-state index contributed by atoms with van der Waals surface area (Å²) >= 11 is 0. The van der Waals surface area contributed by atoms with E-state index in [0.717, 1.165) is 44.6 Å². The van der Waals surface area contributed by atoms with Crippen LogP contribution >= 0.6 is 0 Å². The van der Waals surface area contributed by atoms with Crippen molar-refractivity contribution in [1.29, 1.82) is 0 Å². The minimum absolute atomic E-state index is 0.604. The van der Waals surface area contributed by atoms with Gasteiger partial charge in [-0.1, -0.05) is 6.92 Å². The van der Waals surface area contributed by atoms with Gasteiger partial charge in [0.2, 0.25) is 0 Å². The molecule has 1 heterocycles. The molecule has 16 heavy (non-hydrogen) atoms. The highest BCUT2D eigenvalue weighted by molar-refractivity contribution is 4.75. The normalized spacial score (nSPS) is 24.6. The maximum atomic E-state index is 5.54. The Bertz CT molecular complexity index is 169. The molecule has 3 atom stereocenters. The van der Waals surface area contributed by atoms with Gasteiger partial charge in [0, 0.05) is 12.6 Å². The highest BCUT2D eigenvalue weighted by Crippen LogP contribution is 2.16. The molecule has 0 bridgehead atoms. The summed E-state index contributed by atoms with van der Waals surface area (Å²) in [5, 5.41) is 3.61. The van der Waals surface area contributed by atoms with E-state index in [1.807, 2.05) is 0 Å². The minimum Gasteiger partial charge on any atom is -0.381 e. The lowest BCUT2D eigenvalue weighted by Crippen LogP contribution is -2.34. The number of nitrogens with two attached hydrogens (primary N) is 1. The number of nitrogens with one attached hydrogen (secondary N) is 1. The van der Waals surface area contributed by atoms with E-state index in [-0.39, 0.29) is 0 Å². The van der Waals surface area contributed by atoms with Crippen LogP contribution in [0.1, 0.15) is 39.5 Å². The third-order valence-corrected chi connectivity index (χ3v) is 3.67. The van der Waals surface area contributed by atoms with Crippen LogP contribution < -0.4 is 11.1 Å². The Morgan fingerprint density at radius 1 is 1.38 bits per heavy atom. The number of rotatable bonds is 8. The van der Waals surface area contributed by atoms with Crippen LogP contribution in [-0.4, -0.2) is 32.3 Å². The van der Waals surface area contributed by atoms with E-state index in [1.165, 1.54) is 19.3 Å². The van der Waals surface area contributed by atoms with E-state index in [0.29, 0.717) is 6.04 Å². The van der Waals surface area contributed by atoms with Crippen molar-refractivity contribution in [2.24, 2.45) is 17.6 Å². The molecule has 1 fully saturated rings. The Labute approximate surface area is 100 Å². The first-order valence-electron chi connectivity index (χ1n) is 6.75. The predicted molar refractivity (Wildman–Crippen MR) is 68.5 cm³/mol. The lowest BCUT2D eigenvalue weighted by atomic mass is 9.99. The van der Waals surface area contributed by atoms with Crippen molar-refractivity contribution in [3.8, 4) is 0 Å². The SMILES string of the molecule is CC(CCN)CCCNC(C)C1CCOC1. The van der Waals surface area contributed by atoms with E-state index < -0.39 is 0 Å². The first-order valence-corrected chi connectivity index (χ1v) is 6.75. The topological polar surface area (TPSA) is 47.3 Å². The molecule has 96 valence electrons. The smallest absolute Gasteiger partial charge is 0.0509 e. The second-order valence-corrected chi connectivity index (χ2v) is 5.19.